The lowest BCUT2D eigenvalue weighted by molar-refractivity contribution is -0.141. The van der Waals surface area contributed by atoms with Crippen LogP contribution in [0.2, 0.25) is 0 Å². The van der Waals surface area contributed by atoms with Gasteiger partial charge < -0.3 is 10.4 Å². The smallest absolute Gasteiger partial charge is 0.322 e. The van der Waals surface area contributed by atoms with E-state index in [-0.39, 0.29) is 12.6 Å². The average Bonchev–Trinajstić information content (AvgIpc) is 2.43. The molecular weight excluding hydrogens is 244 g/mol. The maximum Gasteiger partial charge on any atom is 0.322 e. The Morgan fingerprint density at radius 3 is 2.89 bits per heavy atom. The summed E-state index contributed by atoms with van der Waals surface area (Å²) in [7, 11) is 0. The van der Waals surface area contributed by atoms with Crippen molar-refractivity contribution in [1.29, 1.82) is 0 Å². The number of aliphatic carboxylic acids is 1. The van der Waals surface area contributed by atoms with Crippen molar-refractivity contribution in [2.75, 3.05) is 18.0 Å². The van der Waals surface area contributed by atoms with Crippen LogP contribution in [-0.2, 0) is 11.2 Å². The third kappa shape index (κ3) is 2.76. The molecule has 0 fully saturated rings. The number of hydrogen-bond acceptors (Lipinski definition) is 2. The van der Waals surface area contributed by atoms with Gasteiger partial charge in [0.25, 0.3) is 0 Å². The minimum atomic E-state index is -0.879. The van der Waals surface area contributed by atoms with Crippen LogP contribution in [0.15, 0.2) is 36.9 Å². The summed E-state index contributed by atoms with van der Waals surface area (Å²) < 4.78 is 0. The fourth-order valence-electron chi connectivity index (χ4n) is 2.21. The van der Waals surface area contributed by atoms with Gasteiger partial charge in [-0.2, -0.15) is 0 Å². The minimum Gasteiger partial charge on any atom is -0.481 e. The second kappa shape index (κ2) is 5.56. The van der Waals surface area contributed by atoms with Gasteiger partial charge in [0.1, 0.15) is 0 Å². The summed E-state index contributed by atoms with van der Waals surface area (Å²) in [6, 6.07) is 7.09. The first-order chi connectivity index (χ1) is 9.13. The molecule has 5 nitrogen and oxygen atoms in total. The molecule has 2 amide bonds. The molecule has 1 aromatic rings. The van der Waals surface area contributed by atoms with Gasteiger partial charge in [-0.1, -0.05) is 24.3 Å². The zero-order chi connectivity index (χ0) is 13.8. The van der Waals surface area contributed by atoms with Gasteiger partial charge >= 0.3 is 12.0 Å². The Kier molecular flexibility index (Phi) is 3.85. The molecule has 0 saturated heterocycles. The van der Waals surface area contributed by atoms with Crippen LogP contribution >= 0.6 is 0 Å². The molecule has 1 aliphatic heterocycles. The minimum absolute atomic E-state index is 0.190. The van der Waals surface area contributed by atoms with E-state index in [2.05, 4.69) is 11.9 Å². The average molecular weight is 260 g/mol. The van der Waals surface area contributed by atoms with Crippen LogP contribution in [0.25, 0.3) is 0 Å². The van der Waals surface area contributed by atoms with Crippen molar-refractivity contribution in [3.8, 4) is 0 Å². The third-order valence-electron chi connectivity index (χ3n) is 3.14. The molecule has 0 aromatic heterocycles. The highest BCUT2D eigenvalue weighted by molar-refractivity contribution is 5.94. The molecule has 0 bridgehead atoms. The van der Waals surface area contributed by atoms with E-state index in [0.717, 1.165) is 11.3 Å². The van der Waals surface area contributed by atoms with Gasteiger partial charge in [0.05, 0.1) is 5.92 Å². The Balaban J connectivity index is 2.28. The van der Waals surface area contributed by atoms with Crippen LogP contribution in [0.5, 0.6) is 0 Å². The molecule has 0 radical (unpaired) electrons. The summed E-state index contributed by atoms with van der Waals surface area (Å²) in [4.78, 5) is 24.7. The summed E-state index contributed by atoms with van der Waals surface area (Å²) >= 11 is 0. The Morgan fingerprint density at radius 1 is 1.47 bits per heavy atom. The van der Waals surface area contributed by atoms with Crippen molar-refractivity contribution in [2.24, 2.45) is 5.92 Å². The maximum atomic E-state index is 12.1. The summed E-state index contributed by atoms with van der Waals surface area (Å²) in [5.74, 6) is -1.44. The van der Waals surface area contributed by atoms with Crippen molar-refractivity contribution >= 4 is 17.7 Å². The van der Waals surface area contributed by atoms with E-state index in [1.54, 1.807) is 6.08 Å². The molecule has 1 heterocycles. The predicted molar refractivity (Wildman–Crippen MR) is 72.2 cm³/mol. The Labute approximate surface area is 111 Å². The van der Waals surface area contributed by atoms with E-state index in [1.165, 1.54) is 4.90 Å². The van der Waals surface area contributed by atoms with E-state index < -0.39 is 11.9 Å². The van der Waals surface area contributed by atoms with Crippen LogP contribution in [-0.4, -0.2) is 30.2 Å². The number of anilines is 1. The number of amides is 2. The lowest BCUT2D eigenvalue weighted by atomic mass is 9.93. The third-order valence-corrected chi connectivity index (χ3v) is 3.14. The van der Waals surface area contributed by atoms with Crippen molar-refractivity contribution in [1.82, 2.24) is 5.32 Å². The normalized spacial score (nSPS) is 17.5. The number of carboxylic acid groups (broad SMARTS) is 1. The van der Waals surface area contributed by atoms with Crippen LogP contribution in [0.1, 0.15) is 5.56 Å². The highest BCUT2D eigenvalue weighted by atomic mass is 16.4. The first kappa shape index (κ1) is 13.1. The van der Waals surface area contributed by atoms with E-state index >= 15 is 0 Å². The molecule has 1 aromatic carbocycles. The summed E-state index contributed by atoms with van der Waals surface area (Å²) in [6.45, 7) is 4.08. The van der Waals surface area contributed by atoms with Crippen molar-refractivity contribution in [3.63, 3.8) is 0 Å². The van der Waals surface area contributed by atoms with Crippen LogP contribution in [0.3, 0.4) is 0 Å². The van der Waals surface area contributed by atoms with Crippen molar-refractivity contribution in [3.05, 3.63) is 42.5 Å². The highest BCUT2D eigenvalue weighted by Gasteiger charge is 2.31. The number of benzene rings is 1. The number of urea groups is 1. The molecule has 5 heteroatoms. The zero-order valence-corrected chi connectivity index (χ0v) is 10.5. The fraction of sp³-hybridized carbons (Fsp3) is 0.286. The van der Waals surface area contributed by atoms with E-state index in [9.17, 15) is 9.59 Å². The van der Waals surface area contributed by atoms with E-state index in [1.807, 2.05) is 24.3 Å². The van der Waals surface area contributed by atoms with Crippen molar-refractivity contribution in [2.45, 2.75) is 6.42 Å². The number of carbonyl (C=O) groups is 2. The van der Waals surface area contributed by atoms with Gasteiger partial charge in [0.2, 0.25) is 0 Å². The Hall–Kier alpha value is -2.30. The molecule has 100 valence electrons. The number of hydrogen-bond donors (Lipinski definition) is 2. The topological polar surface area (TPSA) is 69.6 Å². The summed E-state index contributed by atoms with van der Waals surface area (Å²) in [6.07, 6.45) is 2.04. The molecule has 1 atom stereocenters. The SMILES string of the molecule is C=CCNC(=O)N1CC(C(=O)O)Cc2ccccc21. The van der Waals surface area contributed by atoms with Crippen molar-refractivity contribution < 1.29 is 14.7 Å². The fourth-order valence-corrected chi connectivity index (χ4v) is 2.21. The lowest BCUT2D eigenvalue weighted by Gasteiger charge is -2.32. The Morgan fingerprint density at radius 2 is 2.21 bits per heavy atom. The second-order valence-corrected chi connectivity index (χ2v) is 4.45. The zero-order valence-electron chi connectivity index (χ0n) is 10.5. The van der Waals surface area contributed by atoms with E-state index in [0.29, 0.717) is 13.0 Å². The molecule has 1 aliphatic rings. The number of rotatable bonds is 3. The summed E-state index contributed by atoms with van der Waals surface area (Å²) in [5, 5.41) is 11.8. The quantitative estimate of drug-likeness (QED) is 0.812. The van der Waals surface area contributed by atoms with Gasteiger partial charge in [0, 0.05) is 18.8 Å². The molecule has 19 heavy (non-hydrogen) atoms. The lowest BCUT2D eigenvalue weighted by Crippen LogP contribution is -2.47. The van der Waals surface area contributed by atoms with Gasteiger partial charge in [0.15, 0.2) is 0 Å². The van der Waals surface area contributed by atoms with Gasteiger partial charge in [-0.3, -0.25) is 9.69 Å². The number of para-hydroxylation sites is 1. The Bertz CT molecular complexity index is 513. The van der Waals surface area contributed by atoms with Crippen LogP contribution in [0, 0.1) is 5.92 Å². The summed E-state index contributed by atoms with van der Waals surface area (Å²) in [5.41, 5.74) is 1.66. The monoisotopic (exact) mass is 260 g/mol. The molecule has 0 spiro atoms. The maximum absolute atomic E-state index is 12.1. The number of nitrogens with zero attached hydrogens (tertiary/aromatic N) is 1. The first-order valence-electron chi connectivity index (χ1n) is 6.10. The van der Waals surface area contributed by atoms with Gasteiger partial charge in [-0.15, -0.1) is 6.58 Å². The van der Waals surface area contributed by atoms with E-state index in [4.69, 9.17) is 5.11 Å². The highest BCUT2D eigenvalue weighted by Crippen LogP contribution is 2.29. The number of carbonyl (C=O) groups excluding carboxylic acids is 1. The number of fused-ring (bicyclic) bond motifs is 1. The second-order valence-electron chi connectivity index (χ2n) is 4.45. The number of nitrogens with one attached hydrogen (secondary N) is 1. The predicted octanol–water partition coefficient (Wildman–Crippen LogP) is 1.65. The molecule has 1 unspecified atom stereocenters. The molecule has 2 N–H and O–H groups in total. The van der Waals surface area contributed by atoms with Crippen LogP contribution < -0.4 is 10.2 Å². The first-order valence-corrected chi connectivity index (χ1v) is 6.10. The largest absolute Gasteiger partial charge is 0.481 e. The standard InChI is InChI=1S/C14H16N2O3/c1-2-7-15-14(19)16-9-11(13(17)18)8-10-5-3-4-6-12(10)16/h2-6,11H,1,7-9H2,(H,15,19)(H,17,18). The molecule has 2 rings (SSSR count). The number of carboxylic acids is 1. The molecule has 0 saturated carbocycles. The van der Waals surface area contributed by atoms with Gasteiger partial charge in [-0.25, -0.2) is 4.79 Å². The molecule has 0 aliphatic carbocycles. The van der Waals surface area contributed by atoms with Gasteiger partial charge in [-0.05, 0) is 18.1 Å². The molecular formula is C14H16N2O3. The van der Waals surface area contributed by atoms with Crippen LogP contribution in [0.4, 0.5) is 10.5 Å².